The van der Waals surface area contributed by atoms with Gasteiger partial charge in [-0.15, -0.1) is 0 Å². The lowest BCUT2D eigenvalue weighted by Crippen LogP contribution is -2.44. The molecule has 0 saturated heterocycles. The molecule has 0 aromatic carbocycles. The predicted octanol–water partition coefficient (Wildman–Crippen LogP) is 25.6. The second-order valence-electron chi connectivity index (χ2n) is 29.4. The van der Waals surface area contributed by atoms with Crippen molar-refractivity contribution in [3.05, 3.63) is 85.1 Å². The van der Waals surface area contributed by atoms with Gasteiger partial charge in [-0.3, -0.25) is 9.59 Å². The lowest BCUT2D eigenvalue weighted by Gasteiger charge is -2.26. The van der Waals surface area contributed by atoms with Crippen LogP contribution in [0.3, 0.4) is 0 Å². The Bertz CT molecular complexity index is 1870. The first-order chi connectivity index (χ1) is 47.6. The van der Waals surface area contributed by atoms with Crippen LogP contribution in [0.1, 0.15) is 399 Å². The van der Waals surface area contributed by atoms with E-state index in [1.807, 2.05) is 21.1 Å². The lowest BCUT2D eigenvalue weighted by atomic mass is 10.0. The van der Waals surface area contributed by atoms with Crippen LogP contribution in [-0.4, -0.2) is 82.3 Å². The van der Waals surface area contributed by atoms with Gasteiger partial charge in [-0.25, -0.2) is 0 Å². The van der Waals surface area contributed by atoms with Crippen molar-refractivity contribution in [1.29, 1.82) is 0 Å². The number of carboxylic acids is 1. The molecule has 0 spiro atoms. The fraction of sp³-hybridized carbons (Fsp3) is 0.807. The summed E-state index contributed by atoms with van der Waals surface area (Å²) in [5.74, 6) is -2.25. The van der Waals surface area contributed by atoms with Gasteiger partial charge in [0.25, 0.3) is 0 Å². The van der Waals surface area contributed by atoms with Crippen molar-refractivity contribution in [2.45, 2.75) is 411 Å². The molecule has 0 saturated carbocycles. The molecule has 0 heterocycles. The minimum atomic E-state index is -1.62. The summed E-state index contributed by atoms with van der Waals surface area (Å²) in [6.07, 6.45) is 104. The number of allylic oxidation sites excluding steroid dienone is 14. The van der Waals surface area contributed by atoms with E-state index in [1.54, 1.807) is 0 Å². The number of carboxylic acid groups (broad SMARTS) is 1. The first-order valence-electron chi connectivity index (χ1n) is 41.7. The van der Waals surface area contributed by atoms with E-state index in [4.69, 9.17) is 18.9 Å². The van der Waals surface area contributed by atoms with E-state index in [0.717, 1.165) is 77.0 Å². The molecule has 0 aromatic rings. The fourth-order valence-corrected chi connectivity index (χ4v) is 12.3. The Balaban J connectivity index is 3.95. The number of esters is 2. The van der Waals surface area contributed by atoms with Crippen LogP contribution in [0.5, 0.6) is 0 Å². The minimum absolute atomic E-state index is 0.149. The van der Waals surface area contributed by atoms with Gasteiger partial charge < -0.3 is 33.3 Å². The van der Waals surface area contributed by atoms with Gasteiger partial charge in [-0.05, 0) is 89.9 Å². The third-order valence-electron chi connectivity index (χ3n) is 18.6. The summed E-state index contributed by atoms with van der Waals surface area (Å²) in [5.41, 5.74) is 0. The summed E-state index contributed by atoms with van der Waals surface area (Å²) in [6, 6.07) is 0. The van der Waals surface area contributed by atoms with Crippen molar-refractivity contribution in [3.8, 4) is 0 Å². The maximum absolute atomic E-state index is 13.0. The molecule has 0 rings (SSSR count). The molecular formula is C88H159NO8. The van der Waals surface area contributed by atoms with E-state index >= 15 is 0 Å². The third-order valence-corrected chi connectivity index (χ3v) is 18.6. The fourth-order valence-electron chi connectivity index (χ4n) is 12.3. The molecule has 0 fully saturated rings. The zero-order chi connectivity index (χ0) is 70.4. The highest BCUT2D eigenvalue weighted by Gasteiger charge is 2.22. The molecule has 97 heavy (non-hydrogen) atoms. The topological polar surface area (TPSA) is 111 Å². The van der Waals surface area contributed by atoms with Gasteiger partial charge in [0.15, 0.2) is 12.4 Å². The van der Waals surface area contributed by atoms with Crippen LogP contribution in [0.2, 0.25) is 0 Å². The van der Waals surface area contributed by atoms with E-state index in [2.05, 4.69) is 98.9 Å². The van der Waals surface area contributed by atoms with Crippen molar-refractivity contribution in [3.63, 3.8) is 0 Å². The first kappa shape index (κ1) is 93.5. The summed E-state index contributed by atoms with van der Waals surface area (Å²) in [6.45, 7) is 4.69. The standard InChI is InChI=1S/C88H159NO8/c1-6-8-10-12-14-16-18-20-22-24-26-28-30-32-34-36-38-39-40-41-42-43-44-45-46-47-49-51-53-55-57-59-61-63-65-67-69-71-73-75-77-79-86(91)97-84(83-96-88(87(92)93)94-81-80-89(3,4)5)82-95-85(90)78-76-74-72-70-68-66-64-62-60-58-56-54-52-50-48-37-35-33-31-29-27-25-23-21-19-17-15-13-11-9-7-2/h8,10,14,16,19-22,25-28,32,34,84,88H,6-7,9,11-13,15,17-18,23-24,29-31,33,35-83H2,1-5H3/b10-8-,16-14-,21-19-,22-20-,27-25-,28-26-,34-32-. The molecule has 2 unspecified atom stereocenters. The van der Waals surface area contributed by atoms with E-state index in [-0.39, 0.29) is 32.2 Å². The Kier molecular flexibility index (Phi) is 75.3. The molecule has 2 atom stereocenters. The van der Waals surface area contributed by atoms with Gasteiger partial charge in [0.2, 0.25) is 0 Å². The van der Waals surface area contributed by atoms with E-state index < -0.39 is 24.3 Å². The number of unbranched alkanes of at least 4 members (excludes halogenated alkanes) is 49. The zero-order valence-electron chi connectivity index (χ0n) is 64.7. The second kappa shape index (κ2) is 78.2. The summed E-state index contributed by atoms with van der Waals surface area (Å²) in [7, 11) is 5.95. The van der Waals surface area contributed by atoms with E-state index in [1.165, 1.54) is 295 Å². The van der Waals surface area contributed by atoms with Crippen molar-refractivity contribution in [2.24, 2.45) is 0 Å². The van der Waals surface area contributed by atoms with Crippen molar-refractivity contribution in [1.82, 2.24) is 0 Å². The molecule has 9 nitrogen and oxygen atoms in total. The van der Waals surface area contributed by atoms with Crippen LogP contribution >= 0.6 is 0 Å². The van der Waals surface area contributed by atoms with Crippen molar-refractivity contribution in [2.75, 3.05) is 47.5 Å². The maximum atomic E-state index is 13.0. The summed E-state index contributed by atoms with van der Waals surface area (Å²) in [5, 5.41) is 11.9. The highest BCUT2D eigenvalue weighted by molar-refractivity contribution is 5.70. The molecular weight excluding hydrogens is 1200 g/mol. The number of ether oxygens (including phenoxy) is 4. The normalized spacial score (nSPS) is 13.0. The first-order valence-corrected chi connectivity index (χ1v) is 41.7. The number of carbonyl (C=O) groups is 3. The van der Waals surface area contributed by atoms with Gasteiger partial charge in [0.05, 0.1) is 40.3 Å². The Hall–Kier alpha value is -3.53. The van der Waals surface area contributed by atoms with E-state index in [9.17, 15) is 19.5 Å². The highest BCUT2D eigenvalue weighted by atomic mass is 16.7. The van der Waals surface area contributed by atoms with Crippen LogP contribution in [0.15, 0.2) is 85.1 Å². The van der Waals surface area contributed by atoms with Gasteiger partial charge in [0, 0.05) is 12.8 Å². The number of nitrogens with zero attached hydrogens (tertiary/aromatic N) is 1. The summed E-state index contributed by atoms with van der Waals surface area (Å²) >= 11 is 0. The molecule has 0 aromatic heterocycles. The molecule has 0 aliphatic carbocycles. The highest BCUT2D eigenvalue weighted by Crippen LogP contribution is 2.20. The minimum Gasteiger partial charge on any atom is -0.545 e. The molecule has 0 aliphatic rings. The average Bonchev–Trinajstić information content (AvgIpc) is 3.27. The average molecular weight is 1360 g/mol. The molecule has 564 valence electrons. The molecule has 0 N–H and O–H groups in total. The number of quaternary nitrogens is 1. The second-order valence-corrected chi connectivity index (χ2v) is 29.4. The van der Waals surface area contributed by atoms with Crippen molar-refractivity contribution >= 4 is 17.9 Å². The van der Waals surface area contributed by atoms with Crippen LogP contribution in [-0.2, 0) is 33.3 Å². The van der Waals surface area contributed by atoms with Crippen LogP contribution in [0.4, 0.5) is 0 Å². The largest absolute Gasteiger partial charge is 0.545 e. The Morgan fingerprint density at radius 3 is 0.876 bits per heavy atom. The zero-order valence-corrected chi connectivity index (χ0v) is 64.7. The molecule has 0 bridgehead atoms. The maximum Gasteiger partial charge on any atom is 0.306 e. The Morgan fingerprint density at radius 1 is 0.320 bits per heavy atom. The number of hydrogen-bond donors (Lipinski definition) is 0. The quantitative estimate of drug-likeness (QED) is 0.0195. The van der Waals surface area contributed by atoms with E-state index in [0.29, 0.717) is 17.4 Å². The Morgan fingerprint density at radius 2 is 0.588 bits per heavy atom. The molecule has 0 amide bonds. The smallest absolute Gasteiger partial charge is 0.306 e. The molecule has 9 heteroatoms. The predicted molar refractivity (Wildman–Crippen MR) is 417 cm³/mol. The summed E-state index contributed by atoms with van der Waals surface area (Å²) in [4.78, 5) is 37.6. The van der Waals surface area contributed by atoms with Gasteiger partial charge in [-0.1, -0.05) is 381 Å². The third kappa shape index (κ3) is 79.7. The SMILES string of the molecule is CC/C=C\C/C=C\C/C=C\C/C=C\C/C=C\CCCCCCCCCCCCCCCCCCCCCCCCCCCC(=O)OC(COC(=O)CCCCCCCCCCCCCCCCCCCCC/C=C\C/C=C\CCCCCCC)COC(OCC[N+](C)(C)C)C(=O)[O-]. The lowest BCUT2D eigenvalue weighted by molar-refractivity contribution is -0.870. The molecule has 0 aliphatic heterocycles. The number of carbonyl (C=O) groups excluding carboxylic acids is 3. The Labute approximate surface area is 601 Å². The van der Waals surface area contributed by atoms with Gasteiger partial charge >= 0.3 is 11.9 Å². The van der Waals surface area contributed by atoms with Crippen LogP contribution in [0.25, 0.3) is 0 Å². The van der Waals surface area contributed by atoms with Crippen LogP contribution < -0.4 is 5.11 Å². The number of likely N-dealkylation sites (N-methyl/N-ethyl adjacent to an activating group) is 1. The van der Waals surface area contributed by atoms with Gasteiger partial charge in [0.1, 0.15) is 13.2 Å². The number of hydrogen-bond acceptors (Lipinski definition) is 8. The number of aliphatic carboxylic acids is 1. The van der Waals surface area contributed by atoms with Gasteiger partial charge in [-0.2, -0.15) is 0 Å². The number of rotatable bonds is 78. The monoisotopic (exact) mass is 1360 g/mol. The summed E-state index contributed by atoms with van der Waals surface area (Å²) < 4.78 is 22.9. The molecule has 0 radical (unpaired) electrons. The van der Waals surface area contributed by atoms with Crippen molar-refractivity contribution < 1.29 is 42.9 Å². The van der Waals surface area contributed by atoms with Crippen LogP contribution in [0, 0.1) is 0 Å².